The van der Waals surface area contributed by atoms with E-state index in [2.05, 4.69) is 15.5 Å². The highest BCUT2D eigenvalue weighted by Gasteiger charge is 2.31. The second-order valence-corrected chi connectivity index (χ2v) is 9.95. The molecule has 206 valence electrons. The number of carbonyl (C=O) groups is 2. The summed E-state index contributed by atoms with van der Waals surface area (Å²) >= 11 is 0. The van der Waals surface area contributed by atoms with Crippen LogP contribution in [0.15, 0.2) is 36.4 Å². The molecule has 1 atom stereocenters. The van der Waals surface area contributed by atoms with Crippen LogP contribution in [-0.2, 0) is 11.2 Å². The quantitative estimate of drug-likeness (QED) is 0.373. The van der Waals surface area contributed by atoms with Crippen molar-refractivity contribution in [2.45, 2.75) is 38.8 Å². The number of urea groups is 1. The number of methoxy groups -OCH3 is 2. The van der Waals surface area contributed by atoms with Gasteiger partial charge in [0.05, 0.1) is 19.9 Å². The zero-order chi connectivity index (χ0) is 28.0. The van der Waals surface area contributed by atoms with E-state index >= 15 is 0 Å². The zero-order valence-electron chi connectivity index (χ0n) is 23.1. The molecule has 2 aromatic rings. The Morgan fingerprint density at radius 3 is 2.16 bits per heavy atom. The van der Waals surface area contributed by atoms with Crippen molar-refractivity contribution in [1.82, 2.24) is 15.5 Å². The van der Waals surface area contributed by atoms with Crippen LogP contribution in [0.4, 0.5) is 10.5 Å². The fraction of sp³-hybridized carbons (Fsp3) is 0.464. The summed E-state index contributed by atoms with van der Waals surface area (Å²) in [6.07, 6.45) is 0.497. The van der Waals surface area contributed by atoms with E-state index in [1.54, 1.807) is 32.2 Å². The van der Waals surface area contributed by atoms with Gasteiger partial charge in [0.1, 0.15) is 5.60 Å². The van der Waals surface area contributed by atoms with E-state index in [0.717, 1.165) is 16.8 Å². The van der Waals surface area contributed by atoms with Crippen LogP contribution in [0.1, 0.15) is 37.5 Å². The normalized spacial score (nSPS) is 14.5. The number of hydrogen-bond acceptors (Lipinski definition) is 7. The van der Waals surface area contributed by atoms with Gasteiger partial charge in [-0.25, -0.2) is 4.79 Å². The van der Waals surface area contributed by atoms with Gasteiger partial charge >= 0.3 is 6.03 Å². The summed E-state index contributed by atoms with van der Waals surface area (Å²) in [7, 11) is 4.70. The molecule has 1 aliphatic heterocycles. The van der Waals surface area contributed by atoms with Crippen molar-refractivity contribution in [3.05, 3.63) is 53.1 Å². The van der Waals surface area contributed by atoms with E-state index < -0.39 is 5.60 Å². The third-order valence-corrected chi connectivity index (χ3v) is 6.62. The number of hydrogen-bond donors (Lipinski definition) is 4. The van der Waals surface area contributed by atoms with Crippen LogP contribution in [0.2, 0.25) is 0 Å². The van der Waals surface area contributed by atoms with Gasteiger partial charge in [-0.05, 0) is 57.0 Å². The van der Waals surface area contributed by atoms with Gasteiger partial charge in [-0.1, -0.05) is 12.1 Å². The summed E-state index contributed by atoms with van der Waals surface area (Å²) in [6, 6.07) is 11.0. The molecule has 2 aromatic carbocycles. The maximum Gasteiger partial charge on any atom is 0.314 e. The minimum absolute atomic E-state index is 0.177. The lowest BCUT2D eigenvalue weighted by Crippen LogP contribution is -2.54. The molecule has 0 bridgehead atoms. The molecule has 4 N–H and O–H groups in total. The average molecular weight is 526 g/mol. The lowest BCUT2D eigenvalue weighted by atomic mass is 9.93. The summed E-state index contributed by atoms with van der Waals surface area (Å²) in [4.78, 5) is 28.0. The molecule has 10 heteroatoms. The topological polar surface area (TPSA) is 127 Å². The number of benzene rings is 2. The van der Waals surface area contributed by atoms with Crippen molar-refractivity contribution in [3.63, 3.8) is 0 Å². The highest BCUT2D eigenvalue weighted by molar-refractivity contribution is 6.12. The van der Waals surface area contributed by atoms with E-state index in [0.29, 0.717) is 55.4 Å². The Bertz CT molecular complexity index is 1150. The lowest BCUT2D eigenvalue weighted by molar-refractivity contribution is -0.148. The van der Waals surface area contributed by atoms with Gasteiger partial charge < -0.3 is 35.0 Å². The fourth-order valence-electron chi connectivity index (χ4n) is 4.55. The molecule has 1 aliphatic rings. The van der Waals surface area contributed by atoms with Crippen LogP contribution in [-0.4, -0.2) is 86.7 Å². The average Bonchev–Trinajstić information content (AvgIpc) is 2.91. The molecule has 10 nitrogen and oxygen atoms in total. The predicted octanol–water partition coefficient (Wildman–Crippen LogP) is 2.40. The van der Waals surface area contributed by atoms with E-state index in [1.807, 2.05) is 37.3 Å². The van der Waals surface area contributed by atoms with Gasteiger partial charge in [-0.15, -0.1) is 0 Å². The number of amides is 3. The third-order valence-electron chi connectivity index (χ3n) is 6.62. The number of nitrogens with zero attached hydrogens (tertiary/aromatic N) is 2. The minimum atomic E-state index is -1.37. The van der Waals surface area contributed by atoms with Crippen molar-refractivity contribution >= 4 is 23.3 Å². The van der Waals surface area contributed by atoms with Crippen molar-refractivity contribution in [2.24, 2.45) is 0 Å². The van der Waals surface area contributed by atoms with Crippen molar-refractivity contribution in [2.75, 3.05) is 52.3 Å². The van der Waals surface area contributed by atoms with Crippen molar-refractivity contribution in [1.29, 1.82) is 5.41 Å². The molecule has 38 heavy (non-hydrogen) atoms. The molecule has 1 fully saturated rings. The molecular weight excluding hydrogens is 486 g/mol. The first-order chi connectivity index (χ1) is 18.0. The van der Waals surface area contributed by atoms with Crippen LogP contribution < -0.4 is 25.0 Å². The number of rotatable bonds is 9. The molecule has 0 spiro atoms. The summed E-state index contributed by atoms with van der Waals surface area (Å²) in [5, 5.41) is 24.5. The Morgan fingerprint density at radius 2 is 1.63 bits per heavy atom. The molecule has 0 aromatic heterocycles. The van der Waals surface area contributed by atoms with Gasteiger partial charge in [-0.3, -0.25) is 10.2 Å². The first kappa shape index (κ1) is 28.8. The highest BCUT2D eigenvalue weighted by atomic mass is 16.5. The first-order valence-electron chi connectivity index (χ1n) is 12.7. The van der Waals surface area contributed by atoms with E-state index in [4.69, 9.17) is 14.9 Å². The second kappa shape index (κ2) is 12.2. The summed E-state index contributed by atoms with van der Waals surface area (Å²) in [6.45, 7) is 7.33. The van der Waals surface area contributed by atoms with Crippen LogP contribution in [0.25, 0.3) is 0 Å². The van der Waals surface area contributed by atoms with Gasteiger partial charge in [0.2, 0.25) is 0 Å². The standard InChI is InChI=1S/C28H39N5O5/c1-18(31-27(35)30-4)15-20-16-23(37-5)24(38-6)17-22(20)25(29)19-7-9-21(10-8-19)32-11-13-33(14-12-32)26(34)28(2,3)36/h7-10,16-18,29,36H,11-15H2,1-6H3,(H2,30,31,35). The Hall–Kier alpha value is -3.79. The van der Waals surface area contributed by atoms with E-state index in [9.17, 15) is 14.7 Å². The minimum Gasteiger partial charge on any atom is -0.493 e. The van der Waals surface area contributed by atoms with E-state index in [1.165, 1.54) is 13.8 Å². The number of carbonyl (C=O) groups excluding carboxylic acids is 2. The van der Waals surface area contributed by atoms with Crippen LogP contribution in [0, 0.1) is 5.41 Å². The maximum absolute atomic E-state index is 12.4. The Labute approximate surface area is 224 Å². The molecule has 3 amide bonds. The first-order valence-corrected chi connectivity index (χ1v) is 12.7. The number of aliphatic hydroxyl groups is 1. The van der Waals surface area contributed by atoms with Gasteiger partial charge in [-0.2, -0.15) is 0 Å². The predicted molar refractivity (Wildman–Crippen MR) is 148 cm³/mol. The molecular formula is C28H39N5O5. The monoisotopic (exact) mass is 525 g/mol. The molecule has 0 saturated carbocycles. The Balaban J connectivity index is 1.79. The van der Waals surface area contributed by atoms with Crippen LogP contribution in [0.5, 0.6) is 11.5 Å². The van der Waals surface area contributed by atoms with Gasteiger partial charge in [0.25, 0.3) is 5.91 Å². The zero-order valence-corrected chi connectivity index (χ0v) is 23.1. The molecule has 0 radical (unpaired) electrons. The van der Waals surface area contributed by atoms with Crippen LogP contribution in [0.3, 0.4) is 0 Å². The second-order valence-electron chi connectivity index (χ2n) is 9.95. The molecule has 1 saturated heterocycles. The van der Waals surface area contributed by atoms with E-state index in [-0.39, 0.29) is 18.0 Å². The third kappa shape index (κ3) is 6.74. The Kier molecular flexibility index (Phi) is 9.22. The van der Waals surface area contributed by atoms with Crippen LogP contribution >= 0.6 is 0 Å². The molecule has 3 rings (SSSR count). The Morgan fingerprint density at radius 1 is 1.05 bits per heavy atom. The van der Waals surface area contributed by atoms with Gasteiger partial charge in [0.15, 0.2) is 11.5 Å². The molecule has 1 unspecified atom stereocenters. The summed E-state index contributed by atoms with van der Waals surface area (Å²) in [5.41, 5.74) is 2.26. The molecule has 0 aliphatic carbocycles. The SMILES string of the molecule is CNC(=O)NC(C)Cc1cc(OC)c(OC)cc1C(=N)c1ccc(N2CCN(C(=O)C(C)(C)O)CC2)cc1. The number of piperazine rings is 1. The van der Waals surface area contributed by atoms with Crippen molar-refractivity contribution in [3.8, 4) is 11.5 Å². The highest BCUT2D eigenvalue weighted by Crippen LogP contribution is 2.33. The fourth-order valence-corrected chi connectivity index (χ4v) is 4.55. The largest absolute Gasteiger partial charge is 0.493 e. The number of ether oxygens (including phenoxy) is 2. The van der Waals surface area contributed by atoms with Crippen molar-refractivity contribution < 1.29 is 24.2 Å². The smallest absolute Gasteiger partial charge is 0.314 e. The summed E-state index contributed by atoms with van der Waals surface area (Å²) < 4.78 is 11.0. The molecule has 1 heterocycles. The number of nitrogens with one attached hydrogen (secondary N) is 3. The maximum atomic E-state index is 12.4. The van der Waals surface area contributed by atoms with Gasteiger partial charge in [0, 0.05) is 56.1 Å². The number of anilines is 1. The summed E-state index contributed by atoms with van der Waals surface area (Å²) in [5.74, 6) is 0.827. The lowest BCUT2D eigenvalue weighted by Gasteiger charge is -2.38.